The van der Waals surface area contributed by atoms with Gasteiger partial charge in [0.05, 0.1) is 23.2 Å². The number of hydrogen-bond acceptors (Lipinski definition) is 4. The number of thiazole rings is 1. The second-order valence-corrected chi connectivity index (χ2v) is 7.08. The fraction of sp³-hybridized carbons (Fsp3) is 0.667. The topological polar surface area (TPSA) is 83.1 Å². The summed E-state index contributed by atoms with van der Waals surface area (Å²) in [6.07, 6.45) is 3.76. The van der Waals surface area contributed by atoms with Crippen molar-refractivity contribution in [3.63, 3.8) is 0 Å². The minimum Gasteiger partial charge on any atom is -0.359 e. The Balaban J connectivity index is 1.87. The molecule has 1 saturated carbocycles. The Labute approximate surface area is 135 Å². The van der Waals surface area contributed by atoms with Crippen LogP contribution in [0.5, 0.6) is 0 Å². The average molecular weight is 324 g/mol. The number of aryl methyl sites for hydroxylation is 2. The Morgan fingerprint density at radius 1 is 1.27 bits per heavy atom. The van der Waals surface area contributed by atoms with Gasteiger partial charge in [0.25, 0.3) is 0 Å². The molecule has 1 aromatic heterocycles. The van der Waals surface area contributed by atoms with Crippen molar-refractivity contribution in [2.75, 3.05) is 7.05 Å². The van der Waals surface area contributed by atoms with Gasteiger partial charge in [-0.15, -0.1) is 11.3 Å². The summed E-state index contributed by atoms with van der Waals surface area (Å²) < 4.78 is 0. The first-order valence-corrected chi connectivity index (χ1v) is 8.51. The number of carbonyl (C=O) groups excluding carboxylic acids is 2. The minimum atomic E-state index is -0.231. The van der Waals surface area contributed by atoms with Gasteiger partial charge >= 0.3 is 6.03 Å². The summed E-state index contributed by atoms with van der Waals surface area (Å²) in [7, 11) is 1.64. The lowest BCUT2D eigenvalue weighted by Gasteiger charge is -2.30. The molecule has 0 aromatic carbocycles. The van der Waals surface area contributed by atoms with E-state index >= 15 is 0 Å². The van der Waals surface area contributed by atoms with Crippen LogP contribution in [0, 0.1) is 19.8 Å². The average Bonchev–Trinajstić information content (AvgIpc) is 2.83. The third kappa shape index (κ3) is 4.19. The van der Waals surface area contributed by atoms with Crippen molar-refractivity contribution < 1.29 is 9.59 Å². The van der Waals surface area contributed by atoms with Crippen LogP contribution in [0.15, 0.2) is 0 Å². The third-order valence-electron chi connectivity index (χ3n) is 4.08. The molecule has 6 nitrogen and oxygen atoms in total. The van der Waals surface area contributed by atoms with Crippen molar-refractivity contribution >= 4 is 23.3 Å². The molecule has 122 valence electrons. The lowest BCUT2D eigenvalue weighted by atomic mass is 9.84. The number of urea groups is 1. The molecule has 0 aliphatic heterocycles. The lowest BCUT2D eigenvalue weighted by Crippen LogP contribution is -2.50. The zero-order chi connectivity index (χ0) is 16.1. The molecule has 3 amide bonds. The van der Waals surface area contributed by atoms with Crippen LogP contribution in [0.3, 0.4) is 0 Å². The smallest absolute Gasteiger partial charge is 0.315 e. The van der Waals surface area contributed by atoms with Crippen molar-refractivity contribution in [2.45, 2.75) is 52.1 Å². The Kier molecular flexibility index (Phi) is 5.76. The Morgan fingerprint density at radius 3 is 2.64 bits per heavy atom. The van der Waals surface area contributed by atoms with Gasteiger partial charge in [0.1, 0.15) is 0 Å². The van der Waals surface area contributed by atoms with Gasteiger partial charge in [-0.05, 0) is 26.7 Å². The molecule has 3 N–H and O–H groups in total. The van der Waals surface area contributed by atoms with Crippen LogP contribution in [0.1, 0.15) is 41.3 Å². The standard InChI is InChI=1S/C15H24N4O2S/c1-9-13(18-10(2)22-9)8-17-15(21)19-12-7-5-4-6-11(12)14(20)16-3/h11-12H,4-8H2,1-3H3,(H,16,20)(H2,17,19,21)/t11-,12-/m1/s1. The molecule has 7 heteroatoms. The number of hydrogen-bond donors (Lipinski definition) is 3. The van der Waals surface area contributed by atoms with Crippen LogP contribution in [0.2, 0.25) is 0 Å². The third-order valence-corrected chi connectivity index (χ3v) is 5.01. The highest BCUT2D eigenvalue weighted by molar-refractivity contribution is 7.11. The van der Waals surface area contributed by atoms with Crippen LogP contribution in [0.25, 0.3) is 0 Å². The Hall–Kier alpha value is -1.63. The molecule has 1 aliphatic carbocycles. The van der Waals surface area contributed by atoms with E-state index in [4.69, 9.17) is 0 Å². The first kappa shape index (κ1) is 16.7. The first-order chi connectivity index (χ1) is 10.5. The van der Waals surface area contributed by atoms with Crippen LogP contribution < -0.4 is 16.0 Å². The van der Waals surface area contributed by atoms with E-state index in [2.05, 4.69) is 20.9 Å². The summed E-state index contributed by atoms with van der Waals surface area (Å²) in [4.78, 5) is 29.5. The molecule has 1 fully saturated rings. The van der Waals surface area contributed by atoms with Gasteiger partial charge in [-0.3, -0.25) is 4.79 Å². The largest absolute Gasteiger partial charge is 0.359 e. The van der Waals surface area contributed by atoms with E-state index < -0.39 is 0 Å². The zero-order valence-corrected chi connectivity index (χ0v) is 14.2. The molecule has 0 spiro atoms. The van der Waals surface area contributed by atoms with E-state index in [-0.39, 0.29) is 23.9 Å². The van der Waals surface area contributed by atoms with Crippen molar-refractivity contribution in [1.82, 2.24) is 20.9 Å². The molecule has 2 rings (SSSR count). The van der Waals surface area contributed by atoms with Gasteiger partial charge in [-0.2, -0.15) is 0 Å². The number of amides is 3. The van der Waals surface area contributed by atoms with E-state index in [0.717, 1.165) is 41.3 Å². The van der Waals surface area contributed by atoms with Crippen molar-refractivity contribution in [3.05, 3.63) is 15.6 Å². The van der Waals surface area contributed by atoms with Crippen LogP contribution in [-0.4, -0.2) is 30.0 Å². The van der Waals surface area contributed by atoms with E-state index in [9.17, 15) is 9.59 Å². The maximum absolute atomic E-state index is 12.1. The monoisotopic (exact) mass is 324 g/mol. The van der Waals surface area contributed by atoms with Crippen molar-refractivity contribution in [3.8, 4) is 0 Å². The molecular weight excluding hydrogens is 300 g/mol. The second-order valence-electron chi connectivity index (χ2n) is 5.67. The molecule has 0 saturated heterocycles. The highest BCUT2D eigenvalue weighted by Gasteiger charge is 2.31. The maximum atomic E-state index is 12.1. The van der Waals surface area contributed by atoms with Gasteiger partial charge in [0, 0.05) is 18.0 Å². The molecule has 1 aromatic rings. The van der Waals surface area contributed by atoms with Gasteiger partial charge in [-0.25, -0.2) is 9.78 Å². The van der Waals surface area contributed by atoms with Crippen LogP contribution in [-0.2, 0) is 11.3 Å². The fourth-order valence-electron chi connectivity index (χ4n) is 2.92. The van der Waals surface area contributed by atoms with Crippen LogP contribution >= 0.6 is 11.3 Å². The zero-order valence-electron chi connectivity index (χ0n) is 13.4. The van der Waals surface area contributed by atoms with Crippen molar-refractivity contribution in [1.29, 1.82) is 0 Å². The molecule has 0 radical (unpaired) electrons. The van der Waals surface area contributed by atoms with Crippen molar-refractivity contribution in [2.24, 2.45) is 5.92 Å². The summed E-state index contributed by atoms with van der Waals surface area (Å²) in [6, 6.07) is -0.321. The Bertz CT molecular complexity index is 544. The predicted molar refractivity (Wildman–Crippen MR) is 86.8 cm³/mol. The fourth-order valence-corrected chi connectivity index (χ4v) is 3.76. The molecular formula is C15H24N4O2S. The molecule has 1 heterocycles. The summed E-state index contributed by atoms with van der Waals surface area (Å²) >= 11 is 1.63. The lowest BCUT2D eigenvalue weighted by molar-refractivity contribution is -0.126. The minimum absolute atomic E-state index is 0.0102. The molecule has 1 aliphatic rings. The Morgan fingerprint density at radius 2 is 2.00 bits per heavy atom. The number of nitrogens with one attached hydrogen (secondary N) is 3. The SMILES string of the molecule is CNC(=O)[C@@H]1CCCC[C@H]1NC(=O)NCc1nc(C)sc1C. The molecule has 22 heavy (non-hydrogen) atoms. The van der Waals surface area contributed by atoms with E-state index in [1.54, 1.807) is 18.4 Å². The highest BCUT2D eigenvalue weighted by atomic mass is 32.1. The predicted octanol–water partition coefficient (Wildman–Crippen LogP) is 1.86. The molecule has 0 unspecified atom stereocenters. The second kappa shape index (κ2) is 7.58. The highest BCUT2D eigenvalue weighted by Crippen LogP contribution is 2.24. The summed E-state index contributed by atoms with van der Waals surface area (Å²) in [6.45, 7) is 4.37. The summed E-state index contributed by atoms with van der Waals surface area (Å²) in [5, 5.41) is 9.47. The maximum Gasteiger partial charge on any atom is 0.315 e. The van der Waals surface area contributed by atoms with E-state index in [1.807, 2.05) is 13.8 Å². The number of rotatable bonds is 4. The quantitative estimate of drug-likeness (QED) is 0.790. The molecule has 0 bridgehead atoms. The summed E-state index contributed by atoms with van der Waals surface area (Å²) in [5.74, 6) is -0.122. The van der Waals surface area contributed by atoms with Gasteiger partial charge in [0.2, 0.25) is 5.91 Å². The van der Waals surface area contributed by atoms with Gasteiger partial charge in [-0.1, -0.05) is 12.8 Å². The first-order valence-electron chi connectivity index (χ1n) is 7.70. The van der Waals surface area contributed by atoms with Gasteiger partial charge in [0.15, 0.2) is 0 Å². The van der Waals surface area contributed by atoms with Crippen LogP contribution in [0.4, 0.5) is 4.79 Å². The number of nitrogens with zero attached hydrogens (tertiary/aromatic N) is 1. The normalized spacial score (nSPS) is 21.2. The summed E-state index contributed by atoms with van der Waals surface area (Å²) in [5.41, 5.74) is 0.907. The van der Waals surface area contributed by atoms with E-state index in [1.165, 1.54) is 0 Å². The van der Waals surface area contributed by atoms with Gasteiger partial charge < -0.3 is 16.0 Å². The number of aromatic nitrogens is 1. The van der Waals surface area contributed by atoms with E-state index in [0.29, 0.717) is 6.54 Å². The number of carbonyl (C=O) groups is 2. The molecule has 2 atom stereocenters.